The van der Waals surface area contributed by atoms with Crippen LogP contribution < -0.4 is 5.32 Å². The van der Waals surface area contributed by atoms with E-state index in [1.807, 2.05) is 30.3 Å². The molecule has 1 unspecified atom stereocenters. The Morgan fingerprint density at radius 2 is 2.00 bits per heavy atom. The summed E-state index contributed by atoms with van der Waals surface area (Å²) in [5.74, 6) is 0.904. The standard InChI is InChI=1S/C17H20N2OS/c1-3-13(2)14-7-9-15(10-8-14)19-16(20)12-21-17-6-4-5-11-18-17/h4-11,13H,3,12H2,1-2H3,(H,19,20). The Bertz CT molecular complexity index is 569. The number of benzene rings is 1. The first-order valence-electron chi connectivity index (χ1n) is 7.12. The van der Waals surface area contributed by atoms with E-state index in [1.54, 1.807) is 6.20 Å². The van der Waals surface area contributed by atoms with E-state index < -0.39 is 0 Å². The first kappa shape index (κ1) is 15.6. The number of amides is 1. The van der Waals surface area contributed by atoms with Crippen LogP contribution in [0.25, 0.3) is 0 Å². The van der Waals surface area contributed by atoms with Crippen LogP contribution in [0.5, 0.6) is 0 Å². The summed E-state index contributed by atoms with van der Waals surface area (Å²) in [4.78, 5) is 16.1. The maximum Gasteiger partial charge on any atom is 0.234 e. The van der Waals surface area contributed by atoms with E-state index >= 15 is 0 Å². The second-order valence-corrected chi connectivity index (χ2v) is 5.93. The Hall–Kier alpha value is -1.81. The zero-order chi connectivity index (χ0) is 15.1. The average Bonchev–Trinajstić information content (AvgIpc) is 2.54. The predicted molar refractivity (Wildman–Crippen MR) is 88.7 cm³/mol. The van der Waals surface area contributed by atoms with Crippen LogP contribution in [0, 0.1) is 0 Å². The van der Waals surface area contributed by atoms with Gasteiger partial charge in [0.25, 0.3) is 0 Å². The molecule has 1 N–H and O–H groups in total. The van der Waals surface area contributed by atoms with Crippen LogP contribution in [0.3, 0.4) is 0 Å². The molecule has 4 heteroatoms. The van der Waals surface area contributed by atoms with E-state index in [0.717, 1.165) is 17.1 Å². The van der Waals surface area contributed by atoms with Gasteiger partial charge in [-0.25, -0.2) is 4.98 Å². The molecule has 0 radical (unpaired) electrons. The minimum Gasteiger partial charge on any atom is -0.325 e. The molecule has 2 rings (SSSR count). The van der Waals surface area contributed by atoms with E-state index in [-0.39, 0.29) is 5.91 Å². The summed E-state index contributed by atoms with van der Waals surface area (Å²) < 4.78 is 0. The van der Waals surface area contributed by atoms with Gasteiger partial charge in [0, 0.05) is 11.9 Å². The Morgan fingerprint density at radius 3 is 2.62 bits per heavy atom. The fourth-order valence-electron chi connectivity index (χ4n) is 1.90. The topological polar surface area (TPSA) is 42.0 Å². The number of pyridine rings is 1. The molecular formula is C17H20N2OS. The molecule has 1 amide bonds. The number of rotatable bonds is 6. The molecule has 0 aliphatic rings. The van der Waals surface area contributed by atoms with Gasteiger partial charge in [-0.3, -0.25) is 4.79 Å². The smallest absolute Gasteiger partial charge is 0.234 e. The van der Waals surface area contributed by atoms with Crippen molar-refractivity contribution in [2.24, 2.45) is 0 Å². The lowest BCUT2D eigenvalue weighted by Gasteiger charge is -2.10. The average molecular weight is 300 g/mol. The number of carbonyl (C=O) groups is 1. The molecule has 0 saturated heterocycles. The van der Waals surface area contributed by atoms with Crippen LogP contribution in [0.4, 0.5) is 5.69 Å². The lowest BCUT2D eigenvalue weighted by atomic mass is 9.99. The molecule has 0 aliphatic carbocycles. The SMILES string of the molecule is CCC(C)c1ccc(NC(=O)CSc2ccccn2)cc1. The summed E-state index contributed by atoms with van der Waals surface area (Å²) in [5, 5.41) is 3.77. The van der Waals surface area contributed by atoms with Gasteiger partial charge in [-0.2, -0.15) is 0 Å². The van der Waals surface area contributed by atoms with Crippen LogP contribution in [-0.2, 0) is 4.79 Å². The van der Waals surface area contributed by atoms with E-state index in [1.165, 1.54) is 17.3 Å². The molecule has 0 fully saturated rings. The normalized spacial score (nSPS) is 11.9. The number of hydrogen-bond acceptors (Lipinski definition) is 3. The fourth-order valence-corrected chi connectivity index (χ4v) is 2.56. The van der Waals surface area contributed by atoms with Crippen LogP contribution in [-0.4, -0.2) is 16.6 Å². The molecular weight excluding hydrogens is 280 g/mol. The zero-order valence-corrected chi connectivity index (χ0v) is 13.2. The molecule has 3 nitrogen and oxygen atoms in total. The van der Waals surface area contributed by atoms with Crippen molar-refractivity contribution in [2.45, 2.75) is 31.2 Å². The highest BCUT2D eigenvalue weighted by atomic mass is 32.2. The third-order valence-corrected chi connectivity index (χ3v) is 4.31. The van der Waals surface area contributed by atoms with Crippen molar-refractivity contribution >= 4 is 23.4 Å². The number of aromatic nitrogens is 1. The van der Waals surface area contributed by atoms with Crippen LogP contribution in [0.1, 0.15) is 31.7 Å². The summed E-state index contributed by atoms with van der Waals surface area (Å²) in [6.07, 6.45) is 2.85. The van der Waals surface area contributed by atoms with Crippen molar-refractivity contribution in [3.63, 3.8) is 0 Å². The van der Waals surface area contributed by atoms with Gasteiger partial charge in [0.05, 0.1) is 10.8 Å². The van der Waals surface area contributed by atoms with Crippen molar-refractivity contribution in [1.29, 1.82) is 0 Å². The maximum absolute atomic E-state index is 11.9. The Balaban J connectivity index is 1.85. The number of nitrogens with zero attached hydrogens (tertiary/aromatic N) is 1. The third kappa shape index (κ3) is 4.90. The van der Waals surface area contributed by atoms with Crippen LogP contribution in [0.2, 0.25) is 0 Å². The highest BCUT2D eigenvalue weighted by Crippen LogP contribution is 2.21. The molecule has 1 aromatic heterocycles. The molecule has 0 bridgehead atoms. The number of anilines is 1. The fraction of sp³-hybridized carbons (Fsp3) is 0.294. The quantitative estimate of drug-likeness (QED) is 0.808. The van der Waals surface area contributed by atoms with Gasteiger partial charge in [0.2, 0.25) is 5.91 Å². The van der Waals surface area contributed by atoms with E-state index in [2.05, 4.69) is 36.3 Å². The van der Waals surface area contributed by atoms with Crippen molar-refractivity contribution in [3.05, 3.63) is 54.2 Å². The first-order chi connectivity index (χ1) is 10.2. The molecule has 0 saturated carbocycles. The lowest BCUT2D eigenvalue weighted by molar-refractivity contribution is -0.113. The van der Waals surface area contributed by atoms with E-state index in [0.29, 0.717) is 11.7 Å². The highest BCUT2D eigenvalue weighted by molar-refractivity contribution is 7.99. The van der Waals surface area contributed by atoms with Crippen LogP contribution in [0.15, 0.2) is 53.7 Å². The molecule has 0 aliphatic heterocycles. The van der Waals surface area contributed by atoms with Gasteiger partial charge in [-0.05, 0) is 42.2 Å². The van der Waals surface area contributed by atoms with Gasteiger partial charge in [0.1, 0.15) is 0 Å². The molecule has 1 heterocycles. The molecule has 110 valence electrons. The third-order valence-electron chi connectivity index (χ3n) is 3.36. The molecule has 1 aromatic carbocycles. The highest BCUT2D eigenvalue weighted by Gasteiger charge is 2.06. The maximum atomic E-state index is 11.9. The Morgan fingerprint density at radius 1 is 1.24 bits per heavy atom. The Kier molecular flexibility index (Phi) is 5.81. The molecule has 0 spiro atoms. The van der Waals surface area contributed by atoms with Gasteiger partial charge in [-0.1, -0.05) is 43.8 Å². The van der Waals surface area contributed by atoms with Crippen molar-refractivity contribution in [3.8, 4) is 0 Å². The summed E-state index contributed by atoms with van der Waals surface area (Å²) in [5.41, 5.74) is 2.15. The zero-order valence-electron chi connectivity index (χ0n) is 12.4. The number of carbonyl (C=O) groups excluding carboxylic acids is 1. The van der Waals surface area contributed by atoms with Crippen molar-refractivity contribution in [2.75, 3.05) is 11.1 Å². The number of hydrogen-bond donors (Lipinski definition) is 1. The summed E-state index contributed by atoms with van der Waals surface area (Å²) in [6.45, 7) is 4.38. The van der Waals surface area contributed by atoms with Crippen LogP contribution >= 0.6 is 11.8 Å². The summed E-state index contributed by atoms with van der Waals surface area (Å²) >= 11 is 1.44. The van der Waals surface area contributed by atoms with Gasteiger partial charge in [0.15, 0.2) is 0 Å². The molecule has 1 atom stereocenters. The van der Waals surface area contributed by atoms with Crippen molar-refractivity contribution in [1.82, 2.24) is 4.98 Å². The summed E-state index contributed by atoms with van der Waals surface area (Å²) in [7, 11) is 0. The van der Waals surface area contributed by atoms with Gasteiger partial charge < -0.3 is 5.32 Å². The van der Waals surface area contributed by atoms with Gasteiger partial charge >= 0.3 is 0 Å². The molecule has 21 heavy (non-hydrogen) atoms. The summed E-state index contributed by atoms with van der Waals surface area (Å²) in [6, 6.07) is 13.8. The van der Waals surface area contributed by atoms with Crippen molar-refractivity contribution < 1.29 is 4.79 Å². The second kappa shape index (κ2) is 7.84. The monoisotopic (exact) mass is 300 g/mol. The molecule has 2 aromatic rings. The first-order valence-corrected chi connectivity index (χ1v) is 8.11. The number of nitrogens with one attached hydrogen (secondary N) is 1. The van der Waals surface area contributed by atoms with E-state index in [4.69, 9.17) is 0 Å². The largest absolute Gasteiger partial charge is 0.325 e. The Labute approximate surface area is 130 Å². The number of thioether (sulfide) groups is 1. The second-order valence-electron chi connectivity index (χ2n) is 4.94. The minimum absolute atomic E-state index is 0.0121. The van der Waals surface area contributed by atoms with Gasteiger partial charge in [-0.15, -0.1) is 0 Å². The van der Waals surface area contributed by atoms with E-state index in [9.17, 15) is 4.79 Å². The minimum atomic E-state index is -0.0121. The predicted octanol–water partition coefficient (Wildman–Crippen LogP) is 4.33. The lowest BCUT2D eigenvalue weighted by Crippen LogP contribution is -2.14.